The molecule has 0 spiro atoms. The van der Waals surface area contributed by atoms with Gasteiger partial charge in [0, 0.05) is 31.2 Å². The topological polar surface area (TPSA) is 66.9 Å². The second-order valence-electron chi connectivity index (χ2n) is 4.66. The van der Waals surface area contributed by atoms with Crippen LogP contribution in [0.3, 0.4) is 0 Å². The van der Waals surface area contributed by atoms with Crippen molar-refractivity contribution in [2.45, 2.75) is 11.8 Å². The molecule has 1 aromatic carbocycles. The highest BCUT2D eigenvalue weighted by atomic mass is 35.5. The van der Waals surface area contributed by atoms with E-state index < -0.39 is 26.8 Å². The fourth-order valence-electron chi connectivity index (χ4n) is 2.15. The summed E-state index contributed by atoms with van der Waals surface area (Å²) < 4.78 is 44.7. The summed E-state index contributed by atoms with van der Waals surface area (Å²) >= 11 is 5.63. The maximum atomic E-state index is 13.8. The van der Waals surface area contributed by atoms with Crippen molar-refractivity contribution in [2.75, 3.05) is 32.8 Å². The average Bonchev–Trinajstić information content (AvgIpc) is 2.47. The van der Waals surface area contributed by atoms with E-state index in [9.17, 15) is 17.6 Å². The second kappa shape index (κ2) is 6.80. The van der Waals surface area contributed by atoms with Crippen molar-refractivity contribution in [3.05, 3.63) is 29.0 Å². The second-order valence-corrected chi connectivity index (χ2v) is 7.01. The normalized spacial score (nSPS) is 16.6. The number of hydrogen-bond acceptors (Lipinski definition) is 4. The molecule has 0 aliphatic carbocycles. The summed E-state index contributed by atoms with van der Waals surface area (Å²) in [4.78, 5) is 12.6. The van der Waals surface area contributed by atoms with Gasteiger partial charge in [-0.2, -0.15) is 4.31 Å². The molecule has 1 saturated heterocycles. The van der Waals surface area contributed by atoms with Crippen LogP contribution in [0.2, 0.25) is 5.02 Å². The third-order valence-electron chi connectivity index (χ3n) is 3.28. The lowest BCUT2D eigenvalue weighted by molar-refractivity contribution is 0.0933. The van der Waals surface area contributed by atoms with Crippen LogP contribution in [-0.4, -0.2) is 56.5 Å². The van der Waals surface area contributed by atoms with Crippen molar-refractivity contribution in [3.8, 4) is 0 Å². The lowest BCUT2D eigenvalue weighted by Gasteiger charge is -2.33. The Balaban J connectivity index is 2.11. The predicted octanol–water partition coefficient (Wildman–Crippen LogP) is 1.94. The number of benzene rings is 1. The Morgan fingerprint density at radius 2 is 1.95 bits per heavy atom. The molecule has 0 N–H and O–H groups in total. The van der Waals surface area contributed by atoms with Crippen LogP contribution >= 0.6 is 11.6 Å². The molecule has 0 aromatic heterocycles. The fraction of sp³-hybridized carbons (Fsp3) is 0.462. The van der Waals surface area contributed by atoms with Gasteiger partial charge in [-0.1, -0.05) is 11.6 Å². The maximum absolute atomic E-state index is 13.8. The van der Waals surface area contributed by atoms with E-state index >= 15 is 0 Å². The van der Waals surface area contributed by atoms with E-state index in [-0.39, 0.29) is 37.8 Å². The van der Waals surface area contributed by atoms with Crippen LogP contribution in [0, 0.1) is 5.82 Å². The lowest BCUT2D eigenvalue weighted by atomic mass is 10.3. The number of carbonyl (C=O) groups is 1. The first-order chi connectivity index (χ1) is 10.4. The maximum Gasteiger partial charge on any atom is 0.409 e. The quantitative estimate of drug-likeness (QED) is 0.835. The first-order valence-electron chi connectivity index (χ1n) is 6.73. The number of rotatable bonds is 3. The monoisotopic (exact) mass is 350 g/mol. The van der Waals surface area contributed by atoms with Crippen LogP contribution in [0.25, 0.3) is 0 Å². The van der Waals surface area contributed by atoms with E-state index in [4.69, 9.17) is 16.3 Å². The Kier molecular flexibility index (Phi) is 5.25. The molecule has 1 heterocycles. The zero-order valence-corrected chi connectivity index (χ0v) is 13.5. The Morgan fingerprint density at radius 3 is 2.50 bits per heavy atom. The third kappa shape index (κ3) is 3.50. The number of amides is 1. The van der Waals surface area contributed by atoms with Crippen LogP contribution < -0.4 is 0 Å². The summed E-state index contributed by atoms with van der Waals surface area (Å²) in [6.07, 6.45) is -0.475. The number of sulfonamides is 1. The standard InChI is InChI=1S/C13H16ClFN2O4S/c1-2-21-13(18)16-5-7-17(8-6-16)22(19,20)12-4-3-10(14)9-11(12)15/h3-4,9H,2,5-8H2,1H3. The van der Waals surface area contributed by atoms with E-state index in [1.165, 1.54) is 11.0 Å². The number of piperazine rings is 1. The number of nitrogens with zero attached hydrogens (tertiary/aromatic N) is 2. The molecular weight excluding hydrogens is 335 g/mol. The number of halogens is 2. The Labute approximate surface area is 133 Å². The molecule has 2 rings (SSSR count). The average molecular weight is 351 g/mol. The van der Waals surface area contributed by atoms with Gasteiger partial charge in [0.15, 0.2) is 0 Å². The minimum absolute atomic E-state index is 0.0865. The molecule has 1 amide bonds. The van der Waals surface area contributed by atoms with Gasteiger partial charge in [0.05, 0.1) is 6.61 Å². The number of carbonyl (C=O) groups excluding carboxylic acids is 1. The van der Waals surface area contributed by atoms with Gasteiger partial charge in [0.2, 0.25) is 10.0 Å². The van der Waals surface area contributed by atoms with E-state index in [0.29, 0.717) is 0 Å². The summed E-state index contributed by atoms with van der Waals surface area (Å²) in [6, 6.07) is 3.43. The molecule has 1 aliphatic heterocycles. The summed E-state index contributed by atoms with van der Waals surface area (Å²) in [5, 5.41) is 0.128. The van der Waals surface area contributed by atoms with Crippen LogP contribution in [0.4, 0.5) is 9.18 Å². The van der Waals surface area contributed by atoms with E-state index in [1.807, 2.05) is 0 Å². The van der Waals surface area contributed by atoms with E-state index in [2.05, 4.69) is 0 Å². The molecule has 0 atom stereocenters. The minimum atomic E-state index is -3.95. The molecule has 9 heteroatoms. The Morgan fingerprint density at radius 1 is 1.32 bits per heavy atom. The van der Waals surface area contributed by atoms with Crippen molar-refractivity contribution < 1.29 is 22.3 Å². The smallest absolute Gasteiger partial charge is 0.409 e. The highest BCUT2D eigenvalue weighted by Gasteiger charge is 2.32. The molecule has 1 fully saturated rings. The van der Waals surface area contributed by atoms with Gasteiger partial charge in [0.25, 0.3) is 0 Å². The number of ether oxygens (including phenoxy) is 1. The first-order valence-corrected chi connectivity index (χ1v) is 8.55. The van der Waals surface area contributed by atoms with Gasteiger partial charge in [-0.25, -0.2) is 17.6 Å². The van der Waals surface area contributed by atoms with Crippen molar-refractivity contribution in [3.63, 3.8) is 0 Å². The molecule has 0 unspecified atom stereocenters. The highest BCUT2D eigenvalue weighted by molar-refractivity contribution is 7.89. The zero-order chi connectivity index (χ0) is 16.3. The lowest BCUT2D eigenvalue weighted by Crippen LogP contribution is -2.50. The van der Waals surface area contributed by atoms with Gasteiger partial charge in [-0.05, 0) is 25.1 Å². The SMILES string of the molecule is CCOC(=O)N1CCN(S(=O)(=O)c2ccc(Cl)cc2F)CC1. The molecule has 1 aliphatic rings. The molecule has 6 nitrogen and oxygen atoms in total. The van der Waals surface area contributed by atoms with Crippen molar-refractivity contribution in [1.82, 2.24) is 9.21 Å². The van der Waals surface area contributed by atoms with Crippen molar-refractivity contribution in [2.24, 2.45) is 0 Å². The zero-order valence-electron chi connectivity index (χ0n) is 12.0. The van der Waals surface area contributed by atoms with Gasteiger partial charge < -0.3 is 9.64 Å². The fourth-order valence-corrected chi connectivity index (χ4v) is 3.78. The third-order valence-corrected chi connectivity index (χ3v) is 5.44. The van der Waals surface area contributed by atoms with E-state index in [0.717, 1.165) is 16.4 Å². The predicted molar refractivity (Wildman–Crippen MR) is 78.8 cm³/mol. The molecular formula is C13H16ClFN2O4S. The minimum Gasteiger partial charge on any atom is -0.450 e. The molecule has 0 bridgehead atoms. The number of hydrogen-bond donors (Lipinski definition) is 0. The Hall–Kier alpha value is -1.38. The van der Waals surface area contributed by atoms with Gasteiger partial charge in [-0.3, -0.25) is 0 Å². The van der Waals surface area contributed by atoms with Gasteiger partial charge in [0.1, 0.15) is 10.7 Å². The van der Waals surface area contributed by atoms with Crippen LogP contribution in [-0.2, 0) is 14.8 Å². The molecule has 1 aromatic rings. The summed E-state index contributed by atoms with van der Waals surface area (Å²) in [6.45, 7) is 2.53. The first kappa shape index (κ1) is 17.0. The summed E-state index contributed by atoms with van der Waals surface area (Å²) in [5.41, 5.74) is 0. The molecule has 0 saturated carbocycles. The van der Waals surface area contributed by atoms with Crippen LogP contribution in [0.5, 0.6) is 0 Å². The van der Waals surface area contributed by atoms with Crippen LogP contribution in [0.1, 0.15) is 6.92 Å². The largest absolute Gasteiger partial charge is 0.450 e. The van der Waals surface area contributed by atoms with Crippen LogP contribution in [0.15, 0.2) is 23.1 Å². The highest BCUT2D eigenvalue weighted by Crippen LogP contribution is 2.23. The van der Waals surface area contributed by atoms with Gasteiger partial charge >= 0.3 is 6.09 Å². The summed E-state index contributed by atoms with van der Waals surface area (Å²) in [7, 11) is -3.95. The van der Waals surface area contributed by atoms with Crippen molar-refractivity contribution >= 4 is 27.7 Å². The summed E-state index contributed by atoms with van der Waals surface area (Å²) in [5.74, 6) is -0.889. The van der Waals surface area contributed by atoms with E-state index in [1.54, 1.807) is 6.92 Å². The Bertz CT molecular complexity index is 660. The molecule has 0 radical (unpaired) electrons. The van der Waals surface area contributed by atoms with Crippen molar-refractivity contribution in [1.29, 1.82) is 0 Å². The van der Waals surface area contributed by atoms with Gasteiger partial charge in [-0.15, -0.1) is 0 Å². The molecule has 22 heavy (non-hydrogen) atoms. The molecule has 122 valence electrons.